The van der Waals surface area contributed by atoms with Crippen LogP contribution < -0.4 is 0 Å². The fourth-order valence-corrected chi connectivity index (χ4v) is 1.85. The fraction of sp³-hybridized carbons (Fsp3) is 0.0714. The van der Waals surface area contributed by atoms with Crippen LogP contribution in [0.3, 0.4) is 0 Å². The van der Waals surface area contributed by atoms with Crippen molar-refractivity contribution in [2.24, 2.45) is 0 Å². The number of phenolic OH excluding ortho intramolecular Hbond substituents is 1. The summed E-state index contributed by atoms with van der Waals surface area (Å²) < 4.78 is 14.0. The van der Waals surface area contributed by atoms with Crippen LogP contribution in [-0.2, 0) is 6.42 Å². The molecule has 0 bridgehead atoms. The highest BCUT2D eigenvalue weighted by molar-refractivity contribution is 9.10. The van der Waals surface area contributed by atoms with E-state index < -0.39 is 11.6 Å². The van der Waals surface area contributed by atoms with E-state index in [9.17, 15) is 9.18 Å². The van der Waals surface area contributed by atoms with E-state index in [1.165, 1.54) is 18.2 Å². The monoisotopic (exact) mass is 308 g/mol. The number of ketones is 1. The van der Waals surface area contributed by atoms with Gasteiger partial charge in [-0.25, -0.2) is 4.39 Å². The molecule has 0 aliphatic carbocycles. The van der Waals surface area contributed by atoms with Gasteiger partial charge in [-0.05, 0) is 29.8 Å². The molecule has 2 nitrogen and oxygen atoms in total. The zero-order valence-corrected chi connectivity index (χ0v) is 10.9. The van der Waals surface area contributed by atoms with Crippen molar-refractivity contribution in [3.8, 4) is 5.75 Å². The van der Waals surface area contributed by atoms with Gasteiger partial charge < -0.3 is 5.11 Å². The third-order valence-corrected chi connectivity index (χ3v) is 3.07. The molecule has 2 rings (SSSR count). The van der Waals surface area contributed by atoms with Crippen LogP contribution in [0.4, 0.5) is 4.39 Å². The summed E-state index contributed by atoms with van der Waals surface area (Å²) in [6, 6.07) is 10.9. The summed E-state index contributed by atoms with van der Waals surface area (Å²) in [5.41, 5.74) is 1.12. The van der Waals surface area contributed by atoms with Crippen molar-refractivity contribution in [2.45, 2.75) is 6.42 Å². The zero-order chi connectivity index (χ0) is 13.1. The van der Waals surface area contributed by atoms with E-state index in [4.69, 9.17) is 5.11 Å². The van der Waals surface area contributed by atoms with E-state index in [0.29, 0.717) is 11.1 Å². The quantitative estimate of drug-likeness (QED) is 0.877. The molecule has 0 aliphatic rings. The minimum atomic E-state index is -0.712. The van der Waals surface area contributed by atoms with E-state index in [2.05, 4.69) is 15.9 Å². The Morgan fingerprint density at radius 1 is 1.17 bits per heavy atom. The summed E-state index contributed by atoms with van der Waals surface area (Å²) in [5, 5.41) is 9.06. The molecular formula is C14H10BrFO2. The van der Waals surface area contributed by atoms with E-state index in [1.807, 2.05) is 0 Å². The predicted molar refractivity (Wildman–Crippen MR) is 70.2 cm³/mol. The number of hydrogen-bond donors (Lipinski definition) is 1. The third kappa shape index (κ3) is 2.96. The van der Waals surface area contributed by atoms with Crippen LogP contribution in [0.25, 0.3) is 0 Å². The van der Waals surface area contributed by atoms with Gasteiger partial charge in [0.25, 0.3) is 0 Å². The second-order valence-electron chi connectivity index (χ2n) is 3.89. The topological polar surface area (TPSA) is 37.3 Å². The van der Waals surface area contributed by atoms with Gasteiger partial charge in [-0.2, -0.15) is 0 Å². The fourth-order valence-electron chi connectivity index (χ4n) is 1.58. The van der Waals surface area contributed by atoms with Crippen molar-refractivity contribution in [3.05, 3.63) is 63.9 Å². The number of aromatic hydroxyl groups is 1. The molecular weight excluding hydrogens is 299 g/mol. The average Bonchev–Trinajstić information content (AvgIpc) is 2.34. The Morgan fingerprint density at radius 3 is 2.44 bits per heavy atom. The van der Waals surface area contributed by atoms with Gasteiger partial charge in [-0.3, -0.25) is 4.79 Å². The van der Waals surface area contributed by atoms with Crippen LogP contribution >= 0.6 is 15.9 Å². The number of carbonyl (C=O) groups is 1. The Bertz CT molecular complexity index is 579. The molecule has 0 saturated carbocycles. The molecule has 0 saturated heterocycles. The maximum Gasteiger partial charge on any atom is 0.167 e. The molecule has 4 heteroatoms. The first-order valence-electron chi connectivity index (χ1n) is 5.32. The van der Waals surface area contributed by atoms with Gasteiger partial charge in [0.05, 0.1) is 0 Å². The summed E-state index contributed by atoms with van der Waals surface area (Å²) in [6.45, 7) is 0. The Morgan fingerprint density at radius 2 is 1.83 bits per heavy atom. The summed E-state index contributed by atoms with van der Waals surface area (Å²) in [4.78, 5) is 11.9. The molecule has 0 fully saturated rings. The van der Waals surface area contributed by atoms with Gasteiger partial charge in [-0.15, -0.1) is 0 Å². The lowest BCUT2D eigenvalue weighted by molar-refractivity contribution is 0.0993. The Hall–Kier alpha value is -1.68. The minimum absolute atomic E-state index is 0.0902. The largest absolute Gasteiger partial charge is 0.505 e. The van der Waals surface area contributed by atoms with Gasteiger partial charge >= 0.3 is 0 Å². The molecule has 0 radical (unpaired) electrons. The molecule has 0 atom stereocenters. The van der Waals surface area contributed by atoms with Gasteiger partial charge in [0, 0.05) is 16.5 Å². The van der Waals surface area contributed by atoms with Gasteiger partial charge in [0.15, 0.2) is 17.3 Å². The predicted octanol–water partition coefficient (Wildman–Crippen LogP) is 3.72. The SMILES string of the molecule is O=C(Cc1ccc(O)c(F)c1)c1ccc(Br)cc1. The number of rotatable bonds is 3. The van der Waals surface area contributed by atoms with Gasteiger partial charge in [-0.1, -0.05) is 34.1 Å². The molecule has 0 aliphatic heterocycles. The van der Waals surface area contributed by atoms with E-state index in [0.717, 1.165) is 4.47 Å². The van der Waals surface area contributed by atoms with Crippen molar-refractivity contribution in [2.75, 3.05) is 0 Å². The van der Waals surface area contributed by atoms with Crippen LogP contribution in [0.15, 0.2) is 46.9 Å². The maximum atomic E-state index is 13.1. The molecule has 2 aromatic carbocycles. The molecule has 0 spiro atoms. The highest BCUT2D eigenvalue weighted by Crippen LogP contribution is 2.18. The standard InChI is InChI=1S/C14H10BrFO2/c15-11-4-2-10(3-5-11)14(18)8-9-1-6-13(17)12(16)7-9/h1-7,17H,8H2. The van der Waals surface area contributed by atoms with E-state index >= 15 is 0 Å². The minimum Gasteiger partial charge on any atom is -0.505 e. The highest BCUT2D eigenvalue weighted by Gasteiger charge is 2.09. The Labute approximate surface area is 112 Å². The third-order valence-electron chi connectivity index (χ3n) is 2.54. The molecule has 2 aromatic rings. The smallest absolute Gasteiger partial charge is 0.167 e. The first kappa shape index (κ1) is 12.8. The van der Waals surface area contributed by atoms with Gasteiger partial charge in [0.1, 0.15) is 0 Å². The molecule has 0 aromatic heterocycles. The van der Waals surface area contributed by atoms with E-state index in [1.54, 1.807) is 24.3 Å². The number of hydrogen-bond acceptors (Lipinski definition) is 2. The first-order chi connectivity index (χ1) is 8.56. The molecule has 0 unspecified atom stereocenters. The number of benzene rings is 2. The average molecular weight is 309 g/mol. The van der Waals surface area contributed by atoms with E-state index in [-0.39, 0.29) is 12.2 Å². The van der Waals surface area contributed by atoms with Crippen molar-refractivity contribution in [3.63, 3.8) is 0 Å². The first-order valence-corrected chi connectivity index (χ1v) is 6.12. The molecule has 0 heterocycles. The second kappa shape index (κ2) is 5.31. The van der Waals surface area contributed by atoms with Crippen molar-refractivity contribution in [1.82, 2.24) is 0 Å². The summed E-state index contributed by atoms with van der Waals surface area (Å²) in [7, 11) is 0. The van der Waals surface area contributed by atoms with Gasteiger partial charge in [0.2, 0.25) is 0 Å². The lowest BCUT2D eigenvalue weighted by atomic mass is 10.0. The lowest BCUT2D eigenvalue weighted by Crippen LogP contribution is -2.03. The van der Waals surface area contributed by atoms with Crippen molar-refractivity contribution < 1.29 is 14.3 Å². The number of carbonyl (C=O) groups excluding carboxylic acids is 1. The Balaban J connectivity index is 2.16. The Kier molecular flexibility index (Phi) is 3.77. The normalized spacial score (nSPS) is 10.3. The zero-order valence-electron chi connectivity index (χ0n) is 9.36. The number of Topliss-reactive ketones (excluding diaryl/α,β-unsaturated/α-hetero) is 1. The second-order valence-corrected chi connectivity index (χ2v) is 4.81. The summed E-state index contributed by atoms with van der Waals surface area (Å²) in [5.74, 6) is -1.21. The summed E-state index contributed by atoms with van der Waals surface area (Å²) >= 11 is 3.29. The molecule has 0 amide bonds. The summed E-state index contributed by atoms with van der Waals surface area (Å²) in [6.07, 6.45) is 0.110. The lowest BCUT2D eigenvalue weighted by Gasteiger charge is -2.03. The van der Waals surface area contributed by atoms with Crippen LogP contribution in [-0.4, -0.2) is 10.9 Å². The van der Waals surface area contributed by atoms with Crippen molar-refractivity contribution >= 4 is 21.7 Å². The highest BCUT2D eigenvalue weighted by atomic mass is 79.9. The van der Waals surface area contributed by atoms with Crippen molar-refractivity contribution in [1.29, 1.82) is 0 Å². The maximum absolute atomic E-state index is 13.1. The molecule has 1 N–H and O–H groups in total. The van der Waals surface area contributed by atoms with Crippen LogP contribution in [0.5, 0.6) is 5.75 Å². The molecule has 18 heavy (non-hydrogen) atoms. The van der Waals surface area contributed by atoms with Crippen LogP contribution in [0, 0.1) is 5.82 Å². The molecule has 92 valence electrons. The van der Waals surface area contributed by atoms with Crippen LogP contribution in [0.1, 0.15) is 15.9 Å². The number of halogens is 2. The van der Waals surface area contributed by atoms with Crippen LogP contribution in [0.2, 0.25) is 0 Å². The number of phenols is 1.